The average molecular weight is 590 g/mol. The van der Waals surface area contributed by atoms with Crippen LogP contribution in [0.1, 0.15) is 55.8 Å². The molecular formula is C31H39N7O3S. The zero-order chi connectivity index (χ0) is 29.3. The van der Waals surface area contributed by atoms with Gasteiger partial charge in [0.25, 0.3) is 15.9 Å². The highest BCUT2D eigenvalue weighted by atomic mass is 32.2. The lowest BCUT2D eigenvalue weighted by Crippen LogP contribution is -2.44. The van der Waals surface area contributed by atoms with E-state index < -0.39 is 10.0 Å². The lowest BCUT2D eigenvalue weighted by atomic mass is 9.95. The molecule has 42 heavy (non-hydrogen) atoms. The third-order valence-corrected chi connectivity index (χ3v) is 10.3. The van der Waals surface area contributed by atoms with Gasteiger partial charge >= 0.3 is 0 Å². The summed E-state index contributed by atoms with van der Waals surface area (Å²) in [5.74, 6) is 0.139. The molecule has 1 aliphatic carbocycles. The second kappa shape index (κ2) is 11.9. The standard InChI is InChI=1S/C31H39N7O3S/c1-3-15-38-27-20-22(30(39)33-23-7-5-4-6-8-23)9-14-26(27)29-28(42(38,40)41)21-32-31(35-29)34-24-10-12-25(13-11-24)37-18-16-36(2)17-19-37/h9-14,20-21,23H,3-8,15-19H2,1-2H3,(H,33,39)(H,32,34,35). The highest BCUT2D eigenvalue weighted by Gasteiger charge is 2.37. The van der Waals surface area contributed by atoms with Crippen LogP contribution in [0.15, 0.2) is 53.6 Å². The maximum Gasteiger partial charge on any atom is 0.268 e. The number of carbonyl (C=O) groups excluding carboxylic acids is 1. The summed E-state index contributed by atoms with van der Waals surface area (Å²) in [6, 6.07) is 13.6. The van der Waals surface area contributed by atoms with Crippen molar-refractivity contribution in [3.8, 4) is 11.3 Å². The van der Waals surface area contributed by atoms with Gasteiger partial charge in [-0.25, -0.2) is 18.4 Å². The van der Waals surface area contributed by atoms with E-state index in [1.165, 1.54) is 22.6 Å². The molecule has 1 saturated carbocycles. The van der Waals surface area contributed by atoms with Crippen LogP contribution in [0.5, 0.6) is 0 Å². The van der Waals surface area contributed by atoms with Crippen molar-refractivity contribution in [1.29, 1.82) is 0 Å². The summed E-state index contributed by atoms with van der Waals surface area (Å²) in [6.07, 6.45) is 7.40. The van der Waals surface area contributed by atoms with Gasteiger partial charge in [0.05, 0.1) is 17.6 Å². The van der Waals surface area contributed by atoms with Crippen LogP contribution >= 0.6 is 0 Å². The van der Waals surface area contributed by atoms with E-state index in [0.29, 0.717) is 41.4 Å². The summed E-state index contributed by atoms with van der Waals surface area (Å²) >= 11 is 0. The summed E-state index contributed by atoms with van der Waals surface area (Å²) in [7, 11) is -1.76. The van der Waals surface area contributed by atoms with E-state index in [9.17, 15) is 13.2 Å². The monoisotopic (exact) mass is 589 g/mol. The fraction of sp³-hybridized carbons (Fsp3) is 0.452. The van der Waals surface area contributed by atoms with E-state index in [4.69, 9.17) is 0 Å². The maximum atomic E-state index is 13.7. The Bertz CT molecular complexity index is 1550. The number of aromatic nitrogens is 2. The minimum atomic E-state index is -3.90. The molecule has 2 aliphatic heterocycles. The predicted molar refractivity (Wildman–Crippen MR) is 166 cm³/mol. The molecule has 2 aromatic carbocycles. The van der Waals surface area contributed by atoms with Gasteiger partial charge < -0.3 is 20.4 Å². The van der Waals surface area contributed by atoms with Crippen molar-refractivity contribution in [2.45, 2.75) is 56.4 Å². The van der Waals surface area contributed by atoms with Crippen LogP contribution in [0.3, 0.4) is 0 Å². The normalized spacial score (nSPS) is 18.7. The largest absolute Gasteiger partial charge is 0.369 e. The van der Waals surface area contributed by atoms with Crippen LogP contribution < -0.4 is 19.8 Å². The van der Waals surface area contributed by atoms with Gasteiger partial charge in [-0.2, -0.15) is 0 Å². The Kier molecular flexibility index (Phi) is 8.04. The van der Waals surface area contributed by atoms with E-state index >= 15 is 0 Å². The van der Waals surface area contributed by atoms with Crippen molar-refractivity contribution in [2.75, 3.05) is 54.3 Å². The molecule has 0 bridgehead atoms. The number of rotatable bonds is 7. The summed E-state index contributed by atoms with van der Waals surface area (Å²) in [4.78, 5) is 27.0. The van der Waals surface area contributed by atoms with Crippen LogP contribution in [-0.4, -0.2) is 75.0 Å². The molecule has 1 aromatic heterocycles. The molecule has 2 fully saturated rings. The molecule has 3 aliphatic rings. The number of carbonyl (C=O) groups is 1. The van der Waals surface area contributed by atoms with Gasteiger partial charge in [-0.1, -0.05) is 26.2 Å². The first kappa shape index (κ1) is 28.4. The van der Waals surface area contributed by atoms with E-state index in [1.54, 1.807) is 12.1 Å². The SMILES string of the molecule is CCCN1c2cc(C(=O)NC3CCCCC3)ccc2-c2nc(Nc3ccc(N4CCN(C)CC4)cc3)ncc2S1(=O)=O. The molecular weight excluding hydrogens is 550 g/mol. The van der Waals surface area contributed by atoms with E-state index in [0.717, 1.165) is 57.5 Å². The topological polar surface area (TPSA) is 111 Å². The summed E-state index contributed by atoms with van der Waals surface area (Å²) in [5.41, 5.74) is 3.91. The van der Waals surface area contributed by atoms with Crippen LogP contribution in [0.4, 0.5) is 23.0 Å². The number of amides is 1. The number of nitrogens with one attached hydrogen (secondary N) is 2. The second-order valence-electron chi connectivity index (χ2n) is 11.5. The van der Waals surface area contributed by atoms with Crippen molar-refractivity contribution in [3.05, 3.63) is 54.2 Å². The van der Waals surface area contributed by atoms with Crippen LogP contribution in [0, 0.1) is 0 Å². The molecule has 0 spiro atoms. The Morgan fingerprint density at radius 1 is 1.00 bits per heavy atom. The van der Waals surface area contributed by atoms with Crippen LogP contribution in [0.25, 0.3) is 11.3 Å². The first-order valence-electron chi connectivity index (χ1n) is 15.0. The zero-order valence-electron chi connectivity index (χ0n) is 24.3. The summed E-state index contributed by atoms with van der Waals surface area (Å²) in [5, 5.41) is 6.38. The van der Waals surface area contributed by atoms with Crippen molar-refractivity contribution in [2.24, 2.45) is 0 Å². The van der Waals surface area contributed by atoms with Gasteiger partial charge in [-0.05, 0) is 68.8 Å². The highest BCUT2D eigenvalue weighted by molar-refractivity contribution is 7.93. The lowest BCUT2D eigenvalue weighted by Gasteiger charge is -2.34. The number of hydrogen-bond donors (Lipinski definition) is 2. The van der Waals surface area contributed by atoms with E-state index in [1.807, 2.05) is 25.1 Å². The third-order valence-electron chi connectivity index (χ3n) is 8.47. The molecule has 11 heteroatoms. The molecule has 222 valence electrons. The molecule has 0 unspecified atom stereocenters. The Hall–Kier alpha value is -3.70. The van der Waals surface area contributed by atoms with E-state index in [2.05, 4.69) is 49.6 Å². The van der Waals surface area contributed by atoms with Gasteiger partial charge in [0.2, 0.25) is 5.95 Å². The van der Waals surface area contributed by atoms with Crippen LogP contribution in [-0.2, 0) is 10.0 Å². The predicted octanol–water partition coefficient (Wildman–Crippen LogP) is 4.62. The fourth-order valence-electron chi connectivity index (χ4n) is 6.05. The van der Waals surface area contributed by atoms with Gasteiger partial charge in [0, 0.05) is 61.3 Å². The molecule has 1 amide bonds. The Morgan fingerprint density at radius 3 is 2.45 bits per heavy atom. The number of anilines is 4. The Balaban J connectivity index is 1.28. The number of benzene rings is 2. The molecule has 3 heterocycles. The number of hydrogen-bond acceptors (Lipinski definition) is 8. The number of sulfonamides is 1. The number of likely N-dealkylation sites (N-methyl/N-ethyl adjacent to an activating group) is 1. The quantitative estimate of drug-likeness (QED) is 0.411. The minimum absolute atomic E-state index is 0.0684. The molecule has 2 N–H and O–H groups in total. The minimum Gasteiger partial charge on any atom is -0.369 e. The molecule has 0 atom stereocenters. The molecule has 6 rings (SSSR count). The molecule has 1 saturated heterocycles. The van der Waals surface area contributed by atoms with Gasteiger partial charge in [0.15, 0.2) is 0 Å². The lowest BCUT2D eigenvalue weighted by molar-refractivity contribution is 0.0927. The highest BCUT2D eigenvalue weighted by Crippen LogP contribution is 2.43. The Morgan fingerprint density at radius 2 is 1.74 bits per heavy atom. The number of nitrogens with zero attached hydrogens (tertiary/aromatic N) is 5. The smallest absolute Gasteiger partial charge is 0.268 e. The number of fused-ring (bicyclic) bond motifs is 3. The first-order chi connectivity index (χ1) is 20.3. The molecule has 3 aromatic rings. The average Bonchev–Trinajstić information content (AvgIpc) is 3.00. The summed E-state index contributed by atoms with van der Waals surface area (Å²) < 4.78 is 28.9. The van der Waals surface area contributed by atoms with Gasteiger partial charge in [-0.3, -0.25) is 9.10 Å². The summed E-state index contributed by atoms with van der Waals surface area (Å²) in [6.45, 7) is 6.28. The number of piperazine rings is 1. The Labute approximate surface area is 248 Å². The first-order valence-corrected chi connectivity index (χ1v) is 16.4. The van der Waals surface area contributed by atoms with Crippen molar-refractivity contribution in [3.63, 3.8) is 0 Å². The van der Waals surface area contributed by atoms with Crippen molar-refractivity contribution in [1.82, 2.24) is 20.2 Å². The van der Waals surface area contributed by atoms with Crippen molar-refractivity contribution < 1.29 is 13.2 Å². The van der Waals surface area contributed by atoms with Crippen molar-refractivity contribution >= 4 is 38.9 Å². The fourth-order valence-corrected chi connectivity index (χ4v) is 7.71. The second-order valence-corrected chi connectivity index (χ2v) is 13.3. The molecule has 0 radical (unpaired) electrons. The maximum absolute atomic E-state index is 13.7. The zero-order valence-corrected chi connectivity index (χ0v) is 25.2. The van der Waals surface area contributed by atoms with Gasteiger partial charge in [-0.15, -0.1) is 0 Å². The van der Waals surface area contributed by atoms with Gasteiger partial charge in [0.1, 0.15) is 4.90 Å². The van der Waals surface area contributed by atoms with Crippen LogP contribution in [0.2, 0.25) is 0 Å². The molecule has 10 nitrogen and oxygen atoms in total. The van der Waals surface area contributed by atoms with E-state index in [-0.39, 0.29) is 16.8 Å². The third kappa shape index (κ3) is 5.67.